The van der Waals surface area contributed by atoms with Crippen molar-refractivity contribution in [3.8, 4) is 0 Å². The van der Waals surface area contributed by atoms with E-state index < -0.39 is 0 Å². The molecule has 0 radical (unpaired) electrons. The molecule has 0 aromatic heterocycles. The lowest BCUT2D eigenvalue weighted by atomic mass is 10.3. The SMILES string of the molecule is N/N=N/N(c1ccccc1)N(c1ccccc1)N(NNc1ccccc1)c1ccccc1. The van der Waals surface area contributed by atoms with Gasteiger partial charge in [0, 0.05) is 0 Å². The third-order valence-corrected chi connectivity index (χ3v) is 4.56. The quantitative estimate of drug-likeness (QED) is 0.197. The van der Waals surface area contributed by atoms with Gasteiger partial charge in [0.25, 0.3) is 0 Å². The number of hydrogen-bond donors (Lipinski definition) is 3. The number of hydrazine groups is 4. The van der Waals surface area contributed by atoms with Crippen LogP contribution in [0, 0.1) is 0 Å². The molecule has 0 saturated carbocycles. The fourth-order valence-corrected chi connectivity index (χ4v) is 3.11. The molecule has 32 heavy (non-hydrogen) atoms. The smallest absolute Gasteiger partial charge is 0.0874 e. The Morgan fingerprint density at radius 1 is 0.562 bits per heavy atom. The van der Waals surface area contributed by atoms with Crippen molar-refractivity contribution in [1.82, 2.24) is 5.53 Å². The number of benzene rings is 4. The molecular formula is C24H24N8. The lowest BCUT2D eigenvalue weighted by molar-refractivity contribution is 0.597. The molecular weight excluding hydrogens is 400 g/mol. The van der Waals surface area contributed by atoms with E-state index in [1.807, 2.05) is 132 Å². The number of para-hydroxylation sites is 4. The van der Waals surface area contributed by atoms with Crippen LogP contribution in [0.25, 0.3) is 0 Å². The summed E-state index contributed by atoms with van der Waals surface area (Å²) in [4.78, 5) is 0. The maximum absolute atomic E-state index is 5.52. The predicted octanol–water partition coefficient (Wildman–Crippen LogP) is 5.11. The topological polar surface area (TPSA) is 84.5 Å². The first kappa shape index (κ1) is 20.7. The van der Waals surface area contributed by atoms with Crippen LogP contribution in [0.2, 0.25) is 0 Å². The Morgan fingerprint density at radius 2 is 1.03 bits per heavy atom. The van der Waals surface area contributed by atoms with E-state index in [0.29, 0.717) is 0 Å². The van der Waals surface area contributed by atoms with E-state index in [0.717, 1.165) is 22.7 Å². The molecule has 8 nitrogen and oxygen atoms in total. The first-order valence-electron chi connectivity index (χ1n) is 10.1. The fourth-order valence-electron chi connectivity index (χ4n) is 3.11. The van der Waals surface area contributed by atoms with E-state index >= 15 is 0 Å². The minimum atomic E-state index is 0.771. The van der Waals surface area contributed by atoms with E-state index in [4.69, 9.17) is 5.84 Å². The maximum atomic E-state index is 5.52. The lowest BCUT2D eigenvalue weighted by Gasteiger charge is -2.41. The first-order chi connectivity index (χ1) is 15.9. The number of nitrogens with two attached hydrogens (primary N) is 1. The minimum absolute atomic E-state index is 0.771. The van der Waals surface area contributed by atoms with Crippen molar-refractivity contribution < 1.29 is 0 Å². The van der Waals surface area contributed by atoms with Gasteiger partial charge in [-0.05, 0) is 53.8 Å². The van der Waals surface area contributed by atoms with Crippen molar-refractivity contribution in [3.05, 3.63) is 121 Å². The van der Waals surface area contributed by atoms with Crippen LogP contribution in [-0.2, 0) is 0 Å². The monoisotopic (exact) mass is 424 g/mol. The van der Waals surface area contributed by atoms with Gasteiger partial charge in [-0.2, -0.15) is 10.2 Å². The van der Waals surface area contributed by atoms with Crippen LogP contribution in [0.15, 0.2) is 132 Å². The standard InChI is InChI=1S/C24H24N8/c25-27-29-31(23-17-9-3-10-18-23)32(24-19-11-4-12-20-24)30(22-15-7-2-8-16-22)28-26-21-13-5-1-6-14-21/h1-20,26,28H,(H2,25,29). The van der Waals surface area contributed by atoms with Crippen molar-refractivity contribution in [1.29, 1.82) is 0 Å². The van der Waals surface area contributed by atoms with Crippen molar-refractivity contribution >= 4 is 22.7 Å². The number of hydrogen-bond acceptors (Lipinski definition) is 6. The highest BCUT2D eigenvalue weighted by Gasteiger charge is 2.25. The summed E-state index contributed by atoms with van der Waals surface area (Å²) in [5, 5.41) is 13.1. The van der Waals surface area contributed by atoms with Gasteiger partial charge in [0.05, 0.1) is 22.7 Å². The molecule has 0 fully saturated rings. The third kappa shape index (κ3) is 4.94. The Balaban J connectivity index is 1.80. The average Bonchev–Trinajstić information content (AvgIpc) is 2.88. The number of rotatable bonds is 9. The summed E-state index contributed by atoms with van der Waals surface area (Å²) >= 11 is 0. The van der Waals surface area contributed by atoms with Crippen molar-refractivity contribution in [3.63, 3.8) is 0 Å². The van der Waals surface area contributed by atoms with Crippen LogP contribution < -0.4 is 32.2 Å². The van der Waals surface area contributed by atoms with Gasteiger partial charge in [-0.3, -0.25) is 0 Å². The summed E-state index contributed by atoms with van der Waals surface area (Å²) in [5.41, 5.74) is 9.88. The first-order valence-corrected chi connectivity index (χ1v) is 10.1. The van der Waals surface area contributed by atoms with Crippen molar-refractivity contribution in [2.24, 2.45) is 16.3 Å². The second kappa shape index (κ2) is 10.5. The summed E-state index contributed by atoms with van der Waals surface area (Å²) in [7, 11) is 0. The van der Waals surface area contributed by atoms with Crippen LogP contribution >= 0.6 is 0 Å². The Morgan fingerprint density at radius 3 is 1.56 bits per heavy atom. The zero-order valence-electron chi connectivity index (χ0n) is 17.4. The van der Waals surface area contributed by atoms with Gasteiger partial charge in [-0.15, -0.1) is 10.7 Å². The normalized spacial score (nSPS) is 10.6. The van der Waals surface area contributed by atoms with Gasteiger partial charge in [-0.1, -0.05) is 78.0 Å². The molecule has 0 aliphatic carbocycles. The fraction of sp³-hybridized carbons (Fsp3) is 0. The number of nitrogens with zero attached hydrogens (tertiary/aromatic N) is 5. The molecule has 4 N–H and O–H groups in total. The van der Waals surface area contributed by atoms with Crippen LogP contribution in [0.5, 0.6) is 0 Å². The largest absolute Gasteiger partial charge is 0.303 e. The number of nitrogens with one attached hydrogen (secondary N) is 2. The van der Waals surface area contributed by atoms with Crippen LogP contribution in [0.1, 0.15) is 0 Å². The van der Waals surface area contributed by atoms with Gasteiger partial charge < -0.3 is 11.3 Å². The summed E-state index contributed by atoms with van der Waals surface area (Å²) in [5.74, 6) is 5.52. The summed E-state index contributed by atoms with van der Waals surface area (Å²) in [6, 6.07) is 39.2. The van der Waals surface area contributed by atoms with E-state index in [9.17, 15) is 0 Å². The highest BCUT2D eigenvalue weighted by molar-refractivity contribution is 5.63. The van der Waals surface area contributed by atoms with Crippen LogP contribution in [0.4, 0.5) is 22.7 Å². The maximum Gasteiger partial charge on any atom is 0.0874 e. The van der Waals surface area contributed by atoms with Crippen molar-refractivity contribution in [2.45, 2.75) is 0 Å². The van der Waals surface area contributed by atoms with Crippen LogP contribution in [0.3, 0.4) is 0 Å². The average molecular weight is 425 g/mol. The molecule has 0 bridgehead atoms. The van der Waals surface area contributed by atoms with E-state index in [2.05, 4.69) is 21.4 Å². The Hall–Kier alpha value is -4.56. The van der Waals surface area contributed by atoms with Gasteiger partial charge >= 0.3 is 0 Å². The predicted molar refractivity (Wildman–Crippen MR) is 129 cm³/mol. The van der Waals surface area contributed by atoms with Gasteiger partial charge in [0.2, 0.25) is 0 Å². The van der Waals surface area contributed by atoms with E-state index in [-0.39, 0.29) is 0 Å². The molecule has 0 atom stereocenters. The zero-order chi connectivity index (χ0) is 22.0. The molecule has 160 valence electrons. The molecule has 4 aromatic rings. The molecule has 0 aliphatic rings. The van der Waals surface area contributed by atoms with Gasteiger partial charge in [0.15, 0.2) is 0 Å². The molecule has 0 amide bonds. The molecule has 0 spiro atoms. The zero-order valence-corrected chi connectivity index (χ0v) is 17.4. The Labute approximate surface area is 187 Å². The van der Waals surface area contributed by atoms with Crippen molar-refractivity contribution in [2.75, 3.05) is 20.8 Å². The molecule has 0 heterocycles. The Kier molecular flexibility index (Phi) is 6.77. The van der Waals surface area contributed by atoms with E-state index in [1.54, 1.807) is 5.12 Å². The number of anilines is 4. The second-order valence-corrected chi connectivity index (χ2v) is 6.71. The Bertz CT molecular complexity index is 1090. The highest BCUT2D eigenvalue weighted by atomic mass is 16.1. The minimum Gasteiger partial charge on any atom is -0.303 e. The highest BCUT2D eigenvalue weighted by Crippen LogP contribution is 2.27. The summed E-state index contributed by atoms with van der Waals surface area (Å²) in [6.45, 7) is 0. The second-order valence-electron chi connectivity index (χ2n) is 6.71. The molecule has 4 aromatic carbocycles. The van der Waals surface area contributed by atoms with Gasteiger partial charge in [-0.25, -0.2) is 0 Å². The molecule has 0 unspecified atom stereocenters. The molecule has 8 heteroatoms. The van der Waals surface area contributed by atoms with Crippen LogP contribution in [-0.4, -0.2) is 0 Å². The summed E-state index contributed by atoms with van der Waals surface area (Å²) < 4.78 is 0. The molecule has 0 saturated heterocycles. The molecule has 0 aliphatic heterocycles. The third-order valence-electron chi connectivity index (χ3n) is 4.56. The summed E-state index contributed by atoms with van der Waals surface area (Å²) in [6.07, 6.45) is 0. The van der Waals surface area contributed by atoms with Gasteiger partial charge in [0.1, 0.15) is 0 Å². The van der Waals surface area contributed by atoms with E-state index in [1.165, 1.54) is 0 Å². The lowest BCUT2D eigenvalue weighted by Crippen LogP contribution is -2.60. The molecule has 4 rings (SSSR count).